The van der Waals surface area contributed by atoms with Gasteiger partial charge in [-0.15, -0.1) is 11.6 Å². The van der Waals surface area contributed by atoms with Gasteiger partial charge in [-0.1, -0.05) is 30.3 Å². The highest BCUT2D eigenvalue weighted by molar-refractivity contribution is 6.34. The first kappa shape index (κ1) is 15.2. The molecule has 1 aromatic carbocycles. The summed E-state index contributed by atoms with van der Waals surface area (Å²) in [4.78, 5) is 23.3. The lowest BCUT2D eigenvalue weighted by atomic mass is 10.2. The molecule has 102 valence electrons. The van der Waals surface area contributed by atoms with E-state index in [0.29, 0.717) is 6.61 Å². The fourth-order valence-corrected chi connectivity index (χ4v) is 1.41. The van der Waals surface area contributed by atoms with Crippen LogP contribution in [0.3, 0.4) is 0 Å². The highest BCUT2D eigenvalue weighted by Crippen LogP contribution is 2.07. The van der Waals surface area contributed by atoms with Gasteiger partial charge in [-0.3, -0.25) is 4.79 Å². The summed E-state index contributed by atoms with van der Waals surface area (Å²) in [5, 5.41) is 0. The monoisotopic (exact) mass is 282 g/mol. The first-order valence-electron chi connectivity index (χ1n) is 5.81. The number of rotatable bonds is 7. The van der Waals surface area contributed by atoms with E-state index in [4.69, 9.17) is 21.1 Å². The van der Waals surface area contributed by atoms with E-state index < -0.39 is 11.8 Å². The molecule has 0 aliphatic carbocycles. The summed E-state index contributed by atoms with van der Waals surface area (Å²) in [6.45, 7) is 2.19. The van der Waals surface area contributed by atoms with E-state index in [1.807, 2.05) is 30.3 Å². The van der Waals surface area contributed by atoms with Gasteiger partial charge in [0.15, 0.2) is 5.78 Å². The van der Waals surface area contributed by atoms with E-state index in [9.17, 15) is 9.59 Å². The number of ketones is 1. The smallest absolute Gasteiger partial charge is 0.345 e. The molecule has 0 amide bonds. The van der Waals surface area contributed by atoms with Gasteiger partial charge in [-0.05, 0) is 12.5 Å². The molecule has 0 radical (unpaired) electrons. The zero-order valence-corrected chi connectivity index (χ0v) is 11.4. The molecule has 4 nitrogen and oxygen atoms in total. The SMILES string of the molecule is CCO/C=C(\C(=O)CCl)C(=O)OCc1ccccc1. The van der Waals surface area contributed by atoms with Crippen molar-refractivity contribution in [1.82, 2.24) is 0 Å². The molecule has 0 unspecified atom stereocenters. The lowest BCUT2D eigenvalue weighted by molar-refractivity contribution is -0.141. The standard InChI is InChI=1S/C14H15ClO4/c1-2-18-10-12(13(16)8-15)14(17)19-9-11-6-4-3-5-7-11/h3-7,10H,2,8-9H2,1H3/b12-10+. The second-order valence-electron chi connectivity index (χ2n) is 3.61. The van der Waals surface area contributed by atoms with Gasteiger partial charge in [0.25, 0.3) is 0 Å². The van der Waals surface area contributed by atoms with Crippen LogP contribution >= 0.6 is 11.6 Å². The van der Waals surface area contributed by atoms with Crippen LogP contribution in [0.2, 0.25) is 0 Å². The average molecular weight is 283 g/mol. The van der Waals surface area contributed by atoms with Crippen LogP contribution < -0.4 is 0 Å². The van der Waals surface area contributed by atoms with Crippen LogP contribution in [0, 0.1) is 0 Å². The van der Waals surface area contributed by atoms with Crippen molar-refractivity contribution < 1.29 is 19.1 Å². The number of carbonyl (C=O) groups excluding carboxylic acids is 2. The van der Waals surface area contributed by atoms with Gasteiger partial charge in [-0.2, -0.15) is 0 Å². The Labute approximate surface area is 117 Å². The Balaban J connectivity index is 2.65. The van der Waals surface area contributed by atoms with Crippen molar-refractivity contribution in [3.05, 3.63) is 47.7 Å². The number of alkyl halides is 1. The number of carbonyl (C=O) groups is 2. The predicted octanol–water partition coefficient (Wildman–Crippen LogP) is 2.46. The summed E-state index contributed by atoms with van der Waals surface area (Å²) in [7, 11) is 0. The van der Waals surface area contributed by atoms with Crippen molar-refractivity contribution >= 4 is 23.4 Å². The third kappa shape index (κ3) is 5.14. The summed E-state index contributed by atoms with van der Waals surface area (Å²) in [6.07, 6.45) is 1.10. The minimum atomic E-state index is -0.733. The Morgan fingerprint density at radius 3 is 2.53 bits per heavy atom. The van der Waals surface area contributed by atoms with Crippen LogP contribution in [0.15, 0.2) is 42.2 Å². The van der Waals surface area contributed by atoms with Crippen LogP contribution in [0.25, 0.3) is 0 Å². The van der Waals surface area contributed by atoms with Gasteiger partial charge in [0.1, 0.15) is 18.4 Å². The molecule has 0 saturated carbocycles. The largest absolute Gasteiger partial charge is 0.500 e. The molecule has 5 heteroatoms. The topological polar surface area (TPSA) is 52.6 Å². The molecule has 0 aromatic heterocycles. The highest BCUT2D eigenvalue weighted by atomic mass is 35.5. The number of esters is 1. The van der Waals surface area contributed by atoms with Gasteiger partial charge in [0.2, 0.25) is 0 Å². The minimum Gasteiger partial charge on any atom is -0.500 e. The van der Waals surface area contributed by atoms with Crippen molar-refractivity contribution in [3.8, 4) is 0 Å². The third-order valence-corrected chi connectivity index (χ3v) is 2.47. The molecule has 0 saturated heterocycles. The first-order valence-corrected chi connectivity index (χ1v) is 6.34. The first-order chi connectivity index (χ1) is 9.19. The molecule has 0 N–H and O–H groups in total. The molecular weight excluding hydrogens is 268 g/mol. The van der Waals surface area contributed by atoms with E-state index in [0.717, 1.165) is 11.8 Å². The van der Waals surface area contributed by atoms with Crippen LogP contribution in [0.4, 0.5) is 0 Å². The molecule has 0 heterocycles. The van der Waals surface area contributed by atoms with Crippen molar-refractivity contribution in [2.45, 2.75) is 13.5 Å². The lowest BCUT2D eigenvalue weighted by Gasteiger charge is -2.07. The zero-order chi connectivity index (χ0) is 14.1. The van der Waals surface area contributed by atoms with Crippen LogP contribution in [0.1, 0.15) is 12.5 Å². The fourth-order valence-electron chi connectivity index (χ4n) is 1.27. The third-order valence-electron chi connectivity index (χ3n) is 2.22. The average Bonchev–Trinajstić information content (AvgIpc) is 2.46. The van der Waals surface area contributed by atoms with Crippen LogP contribution in [0.5, 0.6) is 0 Å². The van der Waals surface area contributed by atoms with Crippen molar-refractivity contribution in [2.75, 3.05) is 12.5 Å². The van der Waals surface area contributed by atoms with E-state index in [1.54, 1.807) is 6.92 Å². The number of ether oxygens (including phenoxy) is 2. The molecule has 0 fully saturated rings. The summed E-state index contributed by atoms with van der Waals surface area (Å²) in [5.74, 6) is -1.55. The summed E-state index contributed by atoms with van der Waals surface area (Å²) >= 11 is 5.43. The maximum atomic E-state index is 11.8. The molecule has 0 spiro atoms. The van der Waals surface area contributed by atoms with E-state index in [2.05, 4.69) is 0 Å². The molecule has 19 heavy (non-hydrogen) atoms. The number of benzene rings is 1. The highest BCUT2D eigenvalue weighted by Gasteiger charge is 2.19. The maximum Gasteiger partial charge on any atom is 0.345 e. The Morgan fingerprint density at radius 2 is 1.95 bits per heavy atom. The number of halogens is 1. The number of Topliss-reactive ketones (excluding diaryl/α,β-unsaturated/α-hetero) is 1. The maximum absolute atomic E-state index is 11.8. The Bertz CT molecular complexity index is 454. The van der Waals surface area contributed by atoms with E-state index >= 15 is 0 Å². The Kier molecular flexibility index (Phi) is 6.68. The van der Waals surface area contributed by atoms with Gasteiger partial charge >= 0.3 is 5.97 Å². The molecule has 0 aliphatic rings. The quantitative estimate of drug-likeness (QED) is 0.192. The van der Waals surface area contributed by atoms with Gasteiger partial charge < -0.3 is 9.47 Å². The van der Waals surface area contributed by atoms with E-state index in [1.165, 1.54) is 0 Å². The van der Waals surface area contributed by atoms with Crippen LogP contribution in [-0.2, 0) is 25.7 Å². The predicted molar refractivity (Wildman–Crippen MR) is 71.7 cm³/mol. The van der Waals surface area contributed by atoms with Gasteiger partial charge in [0.05, 0.1) is 12.5 Å². The number of hydrogen-bond acceptors (Lipinski definition) is 4. The second-order valence-corrected chi connectivity index (χ2v) is 3.87. The van der Waals surface area contributed by atoms with Gasteiger partial charge in [-0.25, -0.2) is 4.79 Å². The summed E-state index contributed by atoms with van der Waals surface area (Å²) in [5.41, 5.74) is 0.665. The molecule has 0 atom stereocenters. The lowest BCUT2D eigenvalue weighted by Crippen LogP contribution is -2.17. The molecule has 1 rings (SSSR count). The van der Waals surface area contributed by atoms with E-state index in [-0.39, 0.29) is 18.1 Å². The van der Waals surface area contributed by atoms with Crippen molar-refractivity contribution in [3.63, 3.8) is 0 Å². The molecule has 1 aromatic rings. The van der Waals surface area contributed by atoms with Crippen LogP contribution in [-0.4, -0.2) is 24.2 Å². The summed E-state index contributed by atoms with van der Waals surface area (Å²) < 4.78 is 9.99. The van der Waals surface area contributed by atoms with Crippen molar-refractivity contribution in [1.29, 1.82) is 0 Å². The van der Waals surface area contributed by atoms with Gasteiger partial charge in [0, 0.05) is 0 Å². The minimum absolute atomic E-state index is 0.0959. The molecule has 0 bridgehead atoms. The molecular formula is C14H15ClO4. The number of hydrogen-bond donors (Lipinski definition) is 0. The fraction of sp³-hybridized carbons (Fsp3) is 0.286. The normalized spacial score (nSPS) is 10.9. The van der Waals surface area contributed by atoms with Crippen molar-refractivity contribution in [2.24, 2.45) is 0 Å². The zero-order valence-electron chi connectivity index (χ0n) is 10.6. The molecule has 0 aliphatic heterocycles. The summed E-state index contributed by atoms with van der Waals surface area (Å²) in [6, 6.07) is 9.18. The second kappa shape index (κ2) is 8.32. The Morgan fingerprint density at radius 1 is 1.26 bits per heavy atom. The Hall–Kier alpha value is -1.81.